The molecule has 0 saturated heterocycles. The zero-order valence-electron chi connectivity index (χ0n) is 14.8. The lowest BCUT2D eigenvalue weighted by atomic mass is 10.1. The molecule has 0 fully saturated rings. The van der Waals surface area contributed by atoms with Gasteiger partial charge in [-0.2, -0.15) is 4.99 Å². The van der Waals surface area contributed by atoms with E-state index in [-0.39, 0.29) is 25.0 Å². The molecular formula is C17H26N4O4. The van der Waals surface area contributed by atoms with Gasteiger partial charge in [0.2, 0.25) is 0 Å². The van der Waals surface area contributed by atoms with Crippen molar-refractivity contribution < 1.29 is 19.1 Å². The van der Waals surface area contributed by atoms with Gasteiger partial charge in [-0.3, -0.25) is 4.79 Å². The Morgan fingerprint density at radius 3 is 2.32 bits per heavy atom. The maximum atomic E-state index is 11.6. The first kappa shape index (κ1) is 20.4. The molecule has 0 aliphatic carbocycles. The van der Waals surface area contributed by atoms with Crippen LogP contribution in [0.25, 0.3) is 0 Å². The Bertz CT molecular complexity index is 599. The highest BCUT2D eigenvalue weighted by Crippen LogP contribution is 2.09. The van der Waals surface area contributed by atoms with Gasteiger partial charge in [0.05, 0.1) is 0 Å². The summed E-state index contributed by atoms with van der Waals surface area (Å²) in [5, 5.41) is 3.15. The average Bonchev–Trinajstić information content (AvgIpc) is 2.58. The second-order valence-electron chi connectivity index (χ2n) is 5.66. The molecule has 1 aromatic carbocycles. The van der Waals surface area contributed by atoms with Crippen LogP contribution >= 0.6 is 0 Å². The van der Waals surface area contributed by atoms with Gasteiger partial charge < -0.3 is 26.3 Å². The third-order valence-electron chi connectivity index (χ3n) is 3.32. The smallest absolute Gasteiger partial charge is 0.435 e. The number of hydrogen-bond donors (Lipinski definition) is 3. The van der Waals surface area contributed by atoms with Gasteiger partial charge in [0.1, 0.15) is 25.1 Å². The zero-order chi connectivity index (χ0) is 18.8. The number of aliphatic imine (C=N–C) groups is 1. The molecule has 0 aliphatic rings. The molecule has 0 spiro atoms. The number of anilines is 1. The van der Waals surface area contributed by atoms with Crippen molar-refractivity contribution in [3.05, 3.63) is 29.8 Å². The van der Waals surface area contributed by atoms with Crippen molar-refractivity contribution in [1.82, 2.24) is 0 Å². The molecule has 0 saturated carbocycles. The fourth-order valence-electron chi connectivity index (χ4n) is 1.80. The van der Waals surface area contributed by atoms with Crippen molar-refractivity contribution in [2.24, 2.45) is 22.4 Å². The zero-order valence-corrected chi connectivity index (χ0v) is 14.8. The predicted molar refractivity (Wildman–Crippen MR) is 96.5 cm³/mol. The number of carbonyl (C=O) groups is 2. The number of esters is 1. The summed E-state index contributed by atoms with van der Waals surface area (Å²) in [5.41, 5.74) is 13.0. The molecule has 8 nitrogen and oxygen atoms in total. The number of nitrogens with one attached hydrogen (secondary N) is 1. The SMILES string of the molecule is CCNc1ccc(/C(N)=N/C(=O)OCCOC(=O)[C@@H](N)C(C)C)cc1. The molecule has 0 heterocycles. The van der Waals surface area contributed by atoms with E-state index in [1.54, 1.807) is 12.1 Å². The Balaban J connectivity index is 2.42. The fraction of sp³-hybridized carbons (Fsp3) is 0.471. The van der Waals surface area contributed by atoms with E-state index in [1.807, 2.05) is 32.9 Å². The van der Waals surface area contributed by atoms with Gasteiger partial charge in [-0.05, 0) is 37.1 Å². The molecule has 138 valence electrons. The molecule has 25 heavy (non-hydrogen) atoms. The number of benzene rings is 1. The van der Waals surface area contributed by atoms with Crippen LogP contribution in [0.15, 0.2) is 29.3 Å². The molecular weight excluding hydrogens is 324 g/mol. The number of hydrogen-bond acceptors (Lipinski definition) is 6. The molecule has 8 heteroatoms. The second kappa shape index (κ2) is 10.3. The lowest BCUT2D eigenvalue weighted by Gasteiger charge is -2.14. The Labute approximate surface area is 147 Å². The molecule has 5 N–H and O–H groups in total. The first-order valence-electron chi connectivity index (χ1n) is 8.12. The number of nitrogens with two attached hydrogens (primary N) is 2. The van der Waals surface area contributed by atoms with Crippen LogP contribution in [0.4, 0.5) is 10.5 Å². The summed E-state index contributed by atoms with van der Waals surface area (Å²) in [6.45, 7) is 6.22. The van der Waals surface area contributed by atoms with Crippen LogP contribution in [-0.4, -0.2) is 43.7 Å². The quantitative estimate of drug-likeness (QED) is 0.280. The number of carbonyl (C=O) groups excluding carboxylic acids is 2. The molecule has 1 rings (SSSR count). The molecule has 1 aromatic rings. The van der Waals surface area contributed by atoms with Crippen LogP contribution in [0.3, 0.4) is 0 Å². The van der Waals surface area contributed by atoms with Crippen molar-refractivity contribution in [3.63, 3.8) is 0 Å². The first-order chi connectivity index (χ1) is 11.8. The van der Waals surface area contributed by atoms with E-state index in [0.717, 1.165) is 12.2 Å². The van der Waals surface area contributed by atoms with E-state index in [0.29, 0.717) is 5.56 Å². The maximum Gasteiger partial charge on any atom is 0.435 e. The second-order valence-corrected chi connectivity index (χ2v) is 5.66. The highest BCUT2D eigenvalue weighted by Gasteiger charge is 2.18. The molecule has 0 radical (unpaired) electrons. The Morgan fingerprint density at radius 2 is 1.76 bits per heavy atom. The van der Waals surface area contributed by atoms with Gasteiger partial charge in [-0.25, -0.2) is 4.79 Å². The summed E-state index contributed by atoms with van der Waals surface area (Å²) in [7, 11) is 0. The monoisotopic (exact) mass is 350 g/mol. The largest absolute Gasteiger partial charge is 0.461 e. The normalized spacial score (nSPS) is 12.6. The van der Waals surface area contributed by atoms with Crippen LogP contribution in [0, 0.1) is 5.92 Å². The Hall–Kier alpha value is -2.61. The third-order valence-corrected chi connectivity index (χ3v) is 3.32. The van der Waals surface area contributed by atoms with Crippen molar-refractivity contribution in [2.75, 3.05) is 25.1 Å². The average molecular weight is 350 g/mol. The molecule has 0 bridgehead atoms. The number of rotatable bonds is 8. The van der Waals surface area contributed by atoms with E-state index in [9.17, 15) is 9.59 Å². The van der Waals surface area contributed by atoms with Crippen LogP contribution in [0.5, 0.6) is 0 Å². The number of nitrogens with zero attached hydrogens (tertiary/aromatic N) is 1. The minimum absolute atomic E-state index is 0.0293. The van der Waals surface area contributed by atoms with E-state index in [2.05, 4.69) is 10.3 Å². The van der Waals surface area contributed by atoms with Gasteiger partial charge in [0, 0.05) is 17.8 Å². The lowest BCUT2D eigenvalue weighted by Crippen LogP contribution is -2.37. The van der Waals surface area contributed by atoms with Crippen LogP contribution in [0.1, 0.15) is 26.3 Å². The number of amides is 1. The highest BCUT2D eigenvalue weighted by molar-refractivity contribution is 6.02. The molecule has 1 atom stereocenters. The summed E-state index contributed by atoms with van der Waals surface area (Å²) in [6, 6.07) is 6.47. The number of amidine groups is 1. The van der Waals surface area contributed by atoms with E-state index < -0.39 is 18.1 Å². The molecule has 0 aliphatic heterocycles. The standard InChI is InChI=1S/C17H26N4O4/c1-4-20-13-7-5-12(6-8-13)15(19)21-17(23)25-10-9-24-16(22)14(18)11(2)3/h5-8,11,14,20H,4,9-10,18H2,1-3H3,(H2,19,21,23)/t14-/m0/s1. The van der Waals surface area contributed by atoms with Crippen LogP contribution in [0.2, 0.25) is 0 Å². The van der Waals surface area contributed by atoms with Crippen molar-refractivity contribution in [1.29, 1.82) is 0 Å². The minimum atomic E-state index is -0.850. The van der Waals surface area contributed by atoms with Gasteiger partial charge in [0.25, 0.3) is 0 Å². The van der Waals surface area contributed by atoms with Gasteiger partial charge in [-0.1, -0.05) is 13.8 Å². The Morgan fingerprint density at radius 1 is 1.16 bits per heavy atom. The van der Waals surface area contributed by atoms with Crippen molar-refractivity contribution in [3.8, 4) is 0 Å². The van der Waals surface area contributed by atoms with Crippen LogP contribution in [-0.2, 0) is 14.3 Å². The van der Waals surface area contributed by atoms with Gasteiger partial charge in [-0.15, -0.1) is 0 Å². The predicted octanol–water partition coefficient (Wildman–Crippen LogP) is 1.49. The summed E-state index contributed by atoms with van der Waals surface area (Å²) in [5.74, 6) is -0.514. The first-order valence-corrected chi connectivity index (χ1v) is 8.12. The molecule has 1 amide bonds. The summed E-state index contributed by atoms with van der Waals surface area (Å²) in [6.07, 6.45) is -0.850. The highest BCUT2D eigenvalue weighted by atomic mass is 16.6. The van der Waals surface area contributed by atoms with Crippen LogP contribution < -0.4 is 16.8 Å². The maximum absolute atomic E-state index is 11.6. The summed E-state index contributed by atoms with van der Waals surface area (Å²) < 4.78 is 9.76. The van der Waals surface area contributed by atoms with Gasteiger partial charge in [0.15, 0.2) is 0 Å². The van der Waals surface area contributed by atoms with Crippen molar-refractivity contribution in [2.45, 2.75) is 26.8 Å². The fourth-order valence-corrected chi connectivity index (χ4v) is 1.80. The van der Waals surface area contributed by atoms with Crippen molar-refractivity contribution >= 4 is 23.6 Å². The number of ether oxygens (including phenoxy) is 2. The third kappa shape index (κ3) is 7.21. The molecule has 0 unspecified atom stereocenters. The Kier molecular flexibility index (Phi) is 8.42. The minimum Gasteiger partial charge on any atom is -0.461 e. The lowest BCUT2D eigenvalue weighted by molar-refractivity contribution is -0.147. The van der Waals surface area contributed by atoms with Gasteiger partial charge >= 0.3 is 12.1 Å². The van der Waals surface area contributed by atoms with E-state index in [1.165, 1.54) is 0 Å². The molecule has 0 aromatic heterocycles. The topological polar surface area (TPSA) is 129 Å². The van der Waals surface area contributed by atoms with E-state index >= 15 is 0 Å². The summed E-state index contributed by atoms with van der Waals surface area (Å²) in [4.78, 5) is 26.8. The summed E-state index contributed by atoms with van der Waals surface area (Å²) >= 11 is 0. The van der Waals surface area contributed by atoms with E-state index in [4.69, 9.17) is 20.9 Å².